The number of fused-ring (bicyclic) bond motifs is 3. The van der Waals surface area contributed by atoms with Crippen LogP contribution in [0.3, 0.4) is 0 Å². The summed E-state index contributed by atoms with van der Waals surface area (Å²) in [7, 11) is 3.08. The number of Topliss-reactive ketones (excluding diaryl/α,β-unsaturated/α-hetero) is 2. The molecule has 0 saturated heterocycles. The molecule has 100 valence electrons. The summed E-state index contributed by atoms with van der Waals surface area (Å²) in [5, 5.41) is 0. The number of ketones is 2. The van der Waals surface area contributed by atoms with Crippen LogP contribution in [0.4, 0.5) is 0 Å². The molecule has 0 aromatic heterocycles. The number of benzene rings is 2. The lowest BCUT2D eigenvalue weighted by molar-refractivity contribution is 0.0815. The molecular formula is C16H12O4. The first-order valence-electron chi connectivity index (χ1n) is 6.11. The molecule has 3 rings (SSSR count). The third-order valence-electron chi connectivity index (χ3n) is 3.44. The van der Waals surface area contributed by atoms with E-state index in [0.29, 0.717) is 28.2 Å². The molecule has 0 heterocycles. The number of rotatable bonds is 2. The second-order valence-electron chi connectivity index (χ2n) is 4.48. The van der Waals surface area contributed by atoms with Gasteiger partial charge < -0.3 is 9.47 Å². The number of ether oxygens (including phenoxy) is 2. The van der Waals surface area contributed by atoms with Gasteiger partial charge in [-0.05, 0) is 47.5 Å². The molecule has 0 spiro atoms. The molecule has 2 aromatic carbocycles. The van der Waals surface area contributed by atoms with Crippen molar-refractivity contribution in [2.75, 3.05) is 14.2 Å². The van der Waals surface area contributed by atoms with E-state index in [2.05, 4.69) is 0 Å². The minimum atomic E-state index is -0.503. The van der Waals surface area contributed by atoms with Crippen LogP contribution in [0.25, 0.3) is 11.1 Å². The van der Waals surface area contributed by atoms with Crippen molar-refractivity contribution in [1.82, 2.24) is 0 Å². The van der Waals surface area contributed by atoms with Crippen molar-refractivity contribution in [3.63, 3.8) is 0 Å². The van der Waals surface area contributed by atoms with Crippen molar-refractivity contribution in [3.8, 4) is 22.6 Å². The summed E-state index contributed by atoms with van der Waals surface area (Å²) in [6.07, 6.45) is 0. The summed E-state index contributed by atoms with van der Waals surface area (Å²) < 4.78 is 10.3. The molecule has 0 atom stereocenters. The summed E-state index contributed by atoms with van der Waals surface area (Å²) >= 11 is 0. The SMILES string of the molecule is COc1ccc2c(c1)C(=O)C(=O)c1ccc(OC)cc1-2. The molecule has 0 amide bonds. The first-order chi connectivity index (χ1) is 9.65. The minimum absolute atomic E-state index is 0.370. The van der Waals surface area contributed by atoms with Crippen molar-refractivity contribution in [1.29, 1.82) is 0 Å². The van der Waals surface area contributed by atoms with Gasteiger partial charge in [-0.1, -0.05) is 0 Å². The van der Waals surface area contributed by atoms with Crippen molar-refractivity contribution >= 4 is 11.6 Å². The van der Waals surface area contributed by atoms with Crippen LogP contribution in [0.1, 0.15) is 20.7 Å². The number of hydrogen-bond acceptors (Lipinski definition) is 4. The molecule has 0 fully saturated rings. The highest BCUT2D eigenvalue weighted by Crippen LogP contribution is 2.37. The van der Waals surface area contributed by atoms with E-state index in [0.717, 1.165) is 5.56 Å². The van der Waals surface area contributed by atoms with Crippen LogP contribution in [0.15, 0.2) is 36.4 Å². The van der Waals surface area contributed by atoms with Gasteiger partial charge in [0.15, 0.2) is 0 Å². The summed E-state index contributed by atoms with van der Waals surface area (Å²) in [5.41, 5.74) is 2.22. The Morgan fingerprint density at radius 2 is 1.15 bits per heavy atom. The van der Waals surface area contributed by atoms with E-state index in [1.807, 2.05) is 0 Å². The normalized spacial score (nSPS) is 12.7. The van der Waals surface area contributed by atoms with Crippen molar-refractivity contribution in [2.45, 2.75) is 0 Å². The highest BCUT2D eigenvalue weighted by molar-refractivity contribution is 6.53. The molecular weight excluding hydrogens is 256 g/mol. The summed E-state index contributed by atoms with van der Waals surface area (Å²) in [6.45, 7) is 0. The molecule has 0 aliphatic heterocycles. The van der Waals surface area contributed by atoms with Crippen LogP contribution in [-0.2, 0) is 0 Å². The molecule has 2 aromatic rings. The molecule has 4 nitrogen and oxygen atoms in total. The summed E-state index contributed by atoms with van der Waals surface area (Å²) in [5.74, 6) is 0.198. The van der Waals surface area contributed by atoms with Crippen molar-refractivity contribution in [3.05, 3.63) is 47.5 Å². The second kappa shape index (κ2) is 4.49. The number of hydrogen-bond donors (Lipinski definition) is 0. The van der Waals surface area contributed by atoms with Crippen LogP contribution >= 0.6 is 0 Å². The average Bonchev–Trinajstić information content (AvgIpc) is 2.51. The van der Waals surface area contributed by atoms with Crippen molar-refractivity contribution in [2.24, 2.45) is 0 Å². The molecule has 4 heteroatoms. The monoisotopic (exact) mass is 268 g/mol. The Morgan fingerprint density at radius 1 is 0.650 bits per heavy atom. The lowest BCUT2D eigenvalue weighted by Crippen LogP contribution is -2.21. The van der Waals surface area contributed by atoms with Crippen LogP contribution in [-0.4, -0.2) is 25.8 Å². The summed E-state index contributed by atoms with van der Waals surface area (Å²) in [4.78, 5) is 24.3. The largest absolute Gasteiger partial charge is 0.497 e. The van der Waals surface area contributed by atoms with Crippen LogP contribution in [0, 0.1) is 0 Å². The third kappa shape index (κ3) is 1.69. The molecule has 0 saturated carbocycles. The maximum atomic E-state index is 12.2. The zero-order valence-corrected chi connectivity index (χ0v) is 11.1. The lowest BCUT2D eigenvalue weighted by Gasteiger charge is -2.19. The highest BCUT2D eigenvalue weighted by atomic mass is 16.5. The van der Waals surface area contributed by atoms with E-state index in [9.17, 15) is 9.59 Å². The van der Waals surface area contributed by atoms with Crippen LogP contribution in [0.5, 0.6) is 11.5 Å². The van der Waals surface area contributed by atoms with E-state index < -0.39 is 11.6 Å². The predicted octanol–water partition coefficient (Wildman–Crippen LogP) is 2.75. The third-order valence-corrected chi connectivity index (χ3v) is 3.44. The number of carbonyl (C=O) groups excluding carboxylic acids is 2. The molecule has 0 bridgehead atoms. The Labute approximate surface area is 115 Å². The first kappa shape index (κ1) is 12.4. The molecule has 1 aliphatic rings. The quantitative estimate of drug-likeness (QED) is 0.786. The van der Waals surface area contributed by atoms with Crippen molar-refractivity contribution < 1.29 is 19.1 Å². The van der Waals surface area contributed by atoms with Gasteiger partial charge in [-0.25, -0.2) is 0 Å². The van der Waals surface area contributed by atoms with Gasteiger partial charge in [-0.15, -0.1) is 0 Å². The van der Waals surface area contributed by atoms with Gasteiger partial charge in [0.25, 0.3) is 0 Å². The maximum Gasteiger partial charge on any atom is 0.234 e. The van der Waals surface area contributed by atoms with Gasteiger partial charge in [0.2, 0.25) is 11.6 Å². The van der Waals surface area contributed by atoms with Crippen LogP contribution in [0.2, 0.25) is 0 Å². The van der Waals surface area contributed by atoms with Gasteiger partial charge in [0.1, 0.15) is 11.5 Å². The molecule has 1 aliphatic carbocycles. The fourth-order valence-corrected chi connectivity index (χ4v) is 2.39. The molecule has 20 heavy (non-hydrogen) atoms. The Hall–Kier alpha value is -2.62. The number of carbonyl (C=O) groups is 2. The maximum absolute atomic E-state index is 12.2. The van der Waals surface area contributed by atoms with Gasteiger partial charge in [-0.3, -0.25) is 9.59 Å². The first-order valence-corrected chi connectivity index (χ1v) is 6.11. The average molecular weight is 268 g/mol. The zero-order valence-electron chi connectivity index (χ0n) is 11.1. The van der Waals surface area contributed by atoms with E-state index in [1.54, 1.807) is 43.5 Å². The highest BCUT2D eigenvalue weighted by Gasteiger charge is 2.30. The predicted molar refractivity (Wildman–Crippen MR) is 73.6 cm³/mol. The van der Waals surface area contributed by atoms with E-state index in [1.165, 1.54) is 7.11 Å². The van der Waals surface area contributed by atoms with E-state index in [-0.39, 0.29) is 0 Å². The fraction of sp³-hybridized carbons (Fsp3) is 0.125. The zero-order chi connectivity index (χ0) is 14.3. The van der Waals surface area contributed by atoms with E-state index in [4.69, 9.17) is 9.47 Å². The van der Waals surface area contributed by atoms with Gasteiger partial charge in [0, 0.05) is 11.1 Å². The molecule has 0 unspecified atom stereocenters. The van der Waals surface area contributed by atoms with Gasteiger partial charge in [0.05, 0.1) is 14.2 Å². The van der Waals surface area contributed by atoms with Gasteiger partial charge >= 0.3 is 0 Å². The smallest absolute Gasteiger partial charge is 0.234 e. The fourth-order valence-electron chi connectivity index (χ4n) is 2.39. The topological polar surface area (TPSA) is 52.6 Å². The number of methoxy groups -OCH3 is 2. The second-order valence-corrected chi connectivity index (χ2v) is 4.48. The standard InChI is InChI=1S/C16H12O4/c1-19-9-4-6-12-13(7-9)11-5-3-10(20-2)8-14(11)16(18)15(12)17/h3-8H,1-2H3. The Balaban J connectivity index is 2.30. The molecule has 0 N–H and O–H groups in total. The summed E-state index contributed by atoms with van der Waals surface area (Å²) in [6, 6.07) is 10.2. The molecule has 0 radical (unpaired) electrons. The van der Waals surface area contributed by atoms with E-state index >= 15 is 0 Å². The van der Waals surface area contributed by atoms with Gasteiger partial charge in [-0.2, -0.15) is 0 Å². The van der Waals surface area contributed by atoms with Crippen LogP contribution < -0.4 is 9.47 Å². The Bertz CT molecular complexity index is 731. The Morgan fingerprint density at radius 3 is 1.75 bits per heavy atom. The Kier molecular flexibility index (Phi) is 2.79. The lowest BCUT2D eigenvalue weighted by atomic mass is 9.84. The minimum Gasteiger partial charge on any atom is -0.497 e.